The number of hydrogen-bond donors (Lipinski definition) is 0. The topological polar surface area (TPSA) is 96.9 Å². The van der Waals surface area contributed by atoms with E-state index in [1.807, 2.05) is 0 Å². The maximum atomic E-state index is 8.29. The molecule has 7 nitrogen and oxygen atoms in total. The smallest absolute Gasteiger partial charge is 0.177 e. The summed E-state index contributed by atoms with van der Waals surface area (Å²) in [5.74, 6) is 0.526. The molecule has 0 unspecified atom stereocenters. The molecule has 0 radical (unpaired) electrons. The Balaban J connectivity index is 2.77. The molecule has 7 heteroatoms. The van der Waals surface area contributed by atoms with Gasteiger partial charge in [-0.1, -0.05) is 5.11 Å². The predicted octanol–water partition coefficient (Wildman–Crippen LogP) is 2.17. The van der Waals surface area contributed by atoms with Crippen molar-refractivity contribution in [3.8, 4) is 5.75 Å². The first-order chi connectivity index (χ1) is 6.86. The van der Waals surface area contributed by atoms with Crippen molar-refractivity contribution in [3.63, 3.8) is 0 Å². The summed E-state index contributed by atoms with van der Waals surface area (Å²) < 4.78 is 9.55. The van der Waals surface area contributed by atoms with Crippen molar-refractivity contribution in [2.75, 3.05) is 7.11 Å². The Morgan fingerprint density at radius 2 is 2.21 bits per heavy atom. The summed E-state index contributed by atoms with van der Waals surface area (Å²) in [5.41, 5.74) is 9.49. The summed E-state index contributed by atoms with van der Waals surface area (Å²) in [7, 11) is 1.51. The van der Waals surface area contributed by atoms with Crippen LogP contribution in [0.25, 0.3) is 21.5 Å². The third-order valence-corrected chi connectivity index (χ3v) is 1.73. The number of hydrogen-bond acceptors (Lipinski definition) is 5. The van der Waals surface area contributed by atoms with E-state index in [-0.39, 0.29) is 0 Å². The lowest BCUT2D eigenvalue weighted by Crippen LogP contribution is -1.83. The third-order valence-electron chi connectivity index (χ3n) is 1.73. The van der Waals surface area contributed by atoms with Crippen molar-refractivity contribution in [3.05, 3.63) is 22.6 Å². The van der Waals surface area contributed by atoms with Crippen molar-refractivity contribution >= 4 is 16.7 Å². The van der Waals surface area contributed by atoms with E-state index in [1.54, 1.807) is 12.1 Å². The molecule has 0 fully saturated rings. The molecule has 0 spiro atoms. The van der Waals surface area contributed by atoms with Gasteiger partial charge >= 0.3 is 0 Å². The van der Waals surface area contributed by atoms with Gasteiger partial charge in [-0.3, -0.25) is 0 Å². The summed E-state index contributed by atoms with van der Waals surface area (Å²) in [6.45, 7) is 0. The Morgan fingerprint density at radius 3 is 2.93 bits per heavy atom. The van der Waals surface area contributed by atoms with E-state index in [9.17, 15) is 0 Å². The van der Waals surface area contributed by atoms with Crippen molar-refractivity contribution in [2.45, 2.75) is 0 Å². The van der Waals surface area contributed by atoms with Gasteiger partial charge in [0.1, 0.15) is 11.3 Å². The number of rotatable bonds is 2. The van der Waals surface area contributed by atoms with E-state index in [0.29, 0.717) is 22.5 Å². The minimum atomic E-state index is 0.365. The number of aromatic nitrogens is 2. The number of fused-ring (bicyclic) bond motifs is 1. The summed E-state index contributed by atoms with van der Waals surface area (Å²) >= 11 is 0. The Morgan fingerprint density at radius 1 is 1.43 bits per heavy atom. The molecule has 0 aliphatic heterocycles. The molecular weight excluding hydrogens is 186 g/mol. The van der Waals surface area contributed by atoms with Crippen LogP contribution in [0.2, 0.25) is 0 Å². The maximum absolute atomic E-state index is 8.29. The molecule has 0 N–H and O–H groups in total. The first-order valence-corrected chi connectivity index (χ1v) is 3.71. The normalized spacial score (nSPS) is 9.79. The van der Waals surface area contributed by atoms with Crippen LogP contribution in [0.5, 0.6) is 5.75 Å². The van der Waals surface area contributed by atoms with E-state index in [0.717, 1.165) is 0 Å². The second-order valence-corrected chi connectivity index (χ2v) is 2.44. The van der Waals surface area contributed by atoms with Gasteiger partial charge in [0, 0.05) is 4.91 Å². The Bertz CT molecular complexity index is 514. The predicted molar refractivity (Wildman–Crippen MR) is 47.2 cm³/mol. The lowest BCUT2D eigenvalue weighted by atomic mass is 10.2. The van der Waals surface area contributed by atoms with Crippen LogP contribution in [0.15, 0.2) is 21.9 Å². The fourth-order valence-corrected chi connectivity index (χ4v) is 1.12. The molecule has 0 aliphatic rings. The second kappa shape index (κ2) is 3.23. The lowest BCUT2D eigenvalue weighted by molar-refractivity contribution is 0.314. The van der Waals surface area contributed by atoms with Crippen molar-refractivity contribution in [2.24, 2.45) is 5.11 Å². The van der Waals surface area contributed by atoms with Crippen molar-refractivity contribution < 1.29 is 9.37 Å². The summed E-state index contributed by atoms with van der Waals surface area (Å²) in [4.78, 5) is 2.67. The third kappa shape index (κ3) is 1.12. The van der Waals surface area contributed by atoms with E-state index in [2.05, 4.69) is 25.0 Å². The van der Waals surface area contributed by atoms with Gasteiger partial charge in [-0.2, -0.15) is 0 Å². The summed E-state index contributed by atoms with van der Waals surface area (Å²) in [6, 6.07) is 3.22. The maximum Gasteiger partial charge on any atom is 0.177 e. The summed E-state index contributed by atoms with van der Waals surface area (Å²) in [6.07, 6.45) is 0. The van der Waals surface area contributed by atoms with Gasteiger partial charge in [0.05, 0.1) is 12.8 Å². The molecule has 0 bridgehead atoms. The average molecular weight is 191 g/mol. The van der Waals surface area contributed by atoms with E-state index < -0.39 is 0 Å². The number of azide groups is 1. The zero-order chi connectivity index (χ0) is 9.97. The quantitative estimate of drug-likeness (QED) is 0.412. The lowest BCUT2D eigenvalue weighted by Gasteiger charge is -1.98. The van der Waals surface area contributed by atoms with Gasteiger partial charge in [0.15, 0.2) is 5.52 Å². The zero-order valence-electron chi connectivity index (χ0n) is 7.21. The molecule has 0 saturated heterocycles. The number of nitrogens with zero attached hydrogens (tertiary/aromatic N) is 5. The molecule has 1 aromatic heterocycles. The van der Waals surface area contributed by atoms with Gasteiger partial charge < -0.3 is 4.74 Å². The van der Waals surface area contributed by atoms with Crippen LogP contribution < -0.4 is 4.74 Å². The van der Waals surface area contributed by atoms with Crippen LogP contribution in [-0.2, 0) is 0 Å². The number of ether oxygens (including phenoxy) is 1. The monoisotopic (exact) mass is 191 g/mol. The summed E-state index contributed by atoms with van der Waals surface area (Å²) in [5, 5.41) is 10.7. The molecule has 0 aliphatic carbocycles. The van der Waals surface area contributed by atoms with Crippen LogP contribution in [0.4, 0.5) is 5.69 Å². The molecule has 1 heterocycles. The highest BCUT2D eigenvalue weighted by molar-refractivity contribution is 5.89. The minimum absolute atomic E-state index is 0.365. The first kappa shape index (κ1) is 8.33. The van der Waals surface area contributed by atoms with Gasteiger partial charge in [-0.25, -0.2) is 4.63 Å². The van der Waals surface area contributed by atoms with Crippen molar-refractivity contribution in [1.82, 2.24) is 10.3 Å². The van der Waals surface area contributed by atoms with Crippen LogP contribution >= 0.6 is 0 Å². The molecule has 14 heavy (non-hydrogen) atoms. The molecule has 1 aromatic carbocycles. The van der Waals surface area contributed by atoms with Gasteiger partial charge in [0.25, 0.3) is 0 Å². The Labute approximate surface area is 77.9 Å². The van der Waals surface area contributed by atoms with Crippen LogP contribution in [-0.4, -0.2) is 17.4 Å². The molecule has 70 valence electrons. The second-order valence-electron chi connectivity index (χ2n) is 2.44. The largest absolute Gasteiger partial charge is 0.494 e. The molecule has 0 amide bonds. The van der Waals surface area contributed by atoms with Gasteiger partial charge in [0.2, 0.25) is 0 Å². The molecule has 2 rings (SSSR count). The highest BCUT2D eigenvalue weighted by Gasteiger charge is 2.10. The SMILES string of the molecule is COc1ccc(N=[N+]=[N-])c2nonc12. The van der Waals surface area contributed by atoms with Gasteiger partial charge in [-0.05, 0) is 28.0 Å². The van der Waals surface area contributed by atoms with Gasteiger partial charge in [-0.15, -0.1) is 0 Å². The molecular formula is C7H5N5O2. The zero-order valence-corrected chi connectivity index (χ0v) is 7.21. The Hall–Kier alpha value is -2.27. The molecule has 0 saturated carbocycles. The fraction of sp³-hybridized carbons (Fsp3) is 0.143. The van der Waals surface area contributed by atoms with E-state index in [4.69, 9.17) is 10.3 Å². The highest BCUT2D eigenvalue weighted by Crippen LogP contribution is 2.30. The molecule has 2 aromatic rings. The fourth-order valence-electron chi connectivity index (χ4n) is 1.12. The van der Waals surface area contributed by atoms with E-state index >= 15 is 0 Å². The first-order valence-electron chi connectivity index (χ1n) is 3.71. The van der Waals surface area contributed by atoms with Crippen LogP contribution in [0.1, 0.15) is 0 Å². The average Bonchev–Trinajstić information content (AvgIpc) is 2.67. The minimum Gasteiger partial charge on any atom is -0.494 e. The van der Waals surface area contributed by atoms with Crippen molar-refractivity contribution in [1.29, 1.82) is 0 Å². The van der Waals surface area contributed by atoms with E-state index in [1.165, 1.54) is 7.11 Å². The van der Waals surface area contributed by atoms with Crippen LogP contribution in [0.3, 0.4) is 0 Å². The highest BCUT2D eigenvalue weighted by atomic mass is 16.6. The number of benzene rings is 1. The number of methoxy groups -OCH3 is 1. The Kier molecular flexibility index (Phi) is 1.92. The molecule has 0 atom stereocenters. The van der Waals surface area contributed by atoms with Crippen LogP contribution in [0, 0.1) is 0 Å². The standard InChI is InChI=1S/C7H5N5O2/c1-13-5-3-2-4(9-12-8)6-7(5)11-14-10-6/h2-3H,1H3.